The highest BCUT2D eigenvalue weighted by atomic mass is 79.9. The van der Waals surface area contributed by atoms with Crippen molar-refractivity contribution in [3.8, 4) is 11.8 Å². The molecule has 0 aliphatic heterocycles. The number of thioether (sulfide) groups is 1. The minimum absolute atomic E-state index is 0.277. The maximum Gasteiger partial charge on any atom is 0.138 e. The normalized spacial score (nSPS) is 9.95. The van der Waals surface area contributed by atoms with Crippen LogP contribution < -0.4 is 0 Å². The number of hydrogen-bond donors (Lipinski definition) is 1. The quantitative estimate of drug-likeness (QED) is 0.677. The van der Waals surface area contributed by atoms with Crippen molar-refractivity contribution in [2.75, 3.05) is 6.61 Å². The lowest BCUT2D eigenvalue weighted by molar-refractivity contribution is 0.350. The predicted molar refractivity (Wildman–Crippen MR) is 81.9 cm³/mol. The summed E-state index contributed by atoms with van der Waals surface area (Å²) in [5.41, 5.74) is 1.27. The molecule has 0 spiro atoms. The zero-order valence-electron chi connectivity index (χ0n) is 10.4. The number of rotatable bonds is 3. The van der Waals surface area contributed by atoms with Crippen molar-refractivity contribution in [2.24, 2.45) is 0 Å². The third-order valence-electron chi connectivity index (χ3n) is 2.42. The smallest absolute Gasteiger partial charge is 0.138 e. The molecular weight excluding hydrogens is 341 g/mol. The number of aliphatic hydroxyl groups excluding tert-OH is 1. The first-order valence-electron chi connectivity index (χ1n) is 5.81. The van der Waals surface area contributed by atoms with E-state index < -0.39 is 0 Å². The Morgan fingerprint density at radius 3 is 2.85 bits per heavy atom. The second-order valence-corrected chi connectivity index (χ2v) is 5.79. The van der Waals surface area contributed by atoms with E-state index in [1.807, 2.05) is 12.1 Å². The Bertz CT molecular complexity index is 649. The zero-order chi connectivity index (χ0) is 14.4. The lowest BCUT2D eigenvalue weighted by atomic mass is 10.1. The fourth-order valence-electron chi connectivity index (χ4n) is 1.50. The molecule has 0 saturated heterocycles. The number of halogens is 2. The first-order chi connectivity index (χ1) is 9.69. The van der Waals surface area contributed by atoms with Gasteiger partial charge in [0.1, 0.15) is 12.4 Å². The fraction of sp³-hybridized carbons (Fsp3) is 0.133. The number of nitrogens with zero attached hydrogens (tertiary/aromatic N) is 1. The summed E-state index contributed by atoms with van der Waals surface area (Å²) in [5, 5.41) is 9.55. The van der Waals surface area contributed by atoms with Gasteiger partial charge in [-0.05, 0) is 45.8 Å². The Hall–Kier alpha value is -1.35. The Morgan fingerprint density at radius 2 is 2.15 bits per heavy atom. The summed E-state index contributed by atoms with van der Waals surface area (Å²) in [7, 11) is 0. The van der Waals surface area contributed by atoms with E-state index in [2.05, 4.69) is 32.8 Å². The van der Waals surface area contributed by atoms with Crippen LogP contribution in [0, 0.1) is 17.7 Å². The van der Waals surface area contributed by atoms with E-state index in [4.69, 9.17) is 5.11 Å². The molecule has 0 unspecified atom stereocenters. The number of aromatic nitrogens is 1. The molecule has 0 amide bonds. The van der Waals surface area contributed by atoms with E-state index in [1.165, 1.54) is 6.07 Å². The van der Waals surface area contributed by atoms with E-state index in [-0.39, 0.29) is 12.4 Å². The molecule has 0 bridgehead atoms. The van der Waals surface area contributed by atoms with Gasteiger partial charge in [-0.3, -0.25) is 0 Å². The van der Waals surface area contributed by atoms with Crippen molar-refractivity contribution in [1.82, 2.24) is 4.98 Å². The Balaban J connectivity index is 2.08. The van der Waals surface area contributed by atoms with E-state index in [9.17, 15) is 4.39 Å². The van der Waals surface area contributed by atoms with Crippen LogP contribution in [-0.2, 0) is 5.75 Å². The third-order valence-corrected chi connectivity index (χ3v) is 3.90. The highest BCUT2D eigenvalue weighted by Gasteiger charge is 2.03. The van der Waals surface area contributed by atoms with Crippen molar-refractivity contribution in [2.45, 2.75) is 10.8 Å². The number of hydrogen-bond acceptors (Lipinski definition) is 3. The molecule has 5 heteroatoms. The maximum absolute atomic E-state index is 13.5. The van der Waals surface area contributed by atoms with Crippen LogP contribution in [0.25, 0.3) is 0 Å². The lowest BCUT2D eigenvalue weighted by Crippen LogP contribution is -1.89. The molecule has 102 valence electrons. The van der Waals surface area contributed by atoms with Crippen LogP contribution in [0.1, 0.15) is 11.1 Å². The first kappa shape index (κ1) is 15.0. The minimum Gasteiger partial charge on any atom is -0.384 e. The molecule has 1 N–H and O–H groups in total. The van der Waals surface area contributed by atoms with Crippen LogP contribution in [0.2, 0.25) is 0 Å². The van der Waals surface area contributed by atoms with Gasteiger partial charge >= 0.3 is 0 Å². The summed E-state index contributed by atoms with van der Waals surface area (Å²) in [6.07, 6.45) is 1.74. The molecule has 20 heavy (non-hydrogen) atoms. The average Bonchev–Trinajstić information content (AvgIpc) is 2.46. The average molecular weight is 352 g/mol. The molecule has 2 aromatic rings. The Labute approximate surface area is 129 Å². The molecule has 1 aromatic heterocycles. The summed E-state index contributed by atoms with van der Waals surface area (Å²) in [4.78, 5) is 4.26. The molecule has 0 atom stereocenters. The van der Waals surface area contributed by atoms with Gasteiger partial charge in [-0.1, -0.05) is 17.9 Å². The van der Waals surface area contributed by atoms with Crippen molar-refractivity contribution < 1.29 is 9.50 Å². The summed E-state index contributed by atoms with van der Waals surface area (Å²) in [6.45, 7) is -0.277. The monoisotopic (exact) mass is 351 g/mol. The van der Waals surface area contributed by atoms with Crippen LogP contribution in [0.4, 0.5) is 4.39 Å². The first-order valence-corrected chi connectivity index (χ1v) is 7.59. The van der Waals surface area contributed by atoms with Crippen LogP contribution in [0.15, 0.2) is 46.0 Å². The van der Waals surface area contributed by atoms with E-state index in [1.54, 1.807) is 30.1 Å². The number of pyridine rings is 1. The minimum atomic E-state index is -0.374. The molecule has 2 rings (SSSR count). The molecule has 0 aliphatic carbocycles. The summed E-state index contributed by atoms with van der Waals surface area (Å²) >= 11 is 4.90. The van der Waals surface area contributed by atoms with Crippen molar-refractivity contribution in [1.29, 1.82) is 0 Å². The van der Waals surface area contributed by atoms with Gasteiger partial charge in [0.15, 0.2) is 0 Å². The molecule has 0 fully saturated rings. The van der Waals surface area contributed by atoms with Gasteiger partial charge in [-0.15, -0.1) is 11.8 Å². The van der Waals surface area contributed by atoms with Crippen molar-refractivity contribution in [3.05, 3.63) is 57.9 Å². The van der Waals surface area contributed by atoms with Gasteiger partial charge in [-0.25, -0.2) is 9.37 Å². The summed E-state index contributed by atoms with van der Waals surface area (Å²) < 4.78 is 14.4. The van der Waals surface area contributed by atoms with Gasteiger partial charge in [0.05, 0.1) is 10.6 Å². The molecule has 2 nitrogen and oxygen atoms in total. The van der Waals surface area contributed by atoms with Gasteiger partial charge in [0.2, 0.25) is 0 Å². The van der Waals surface area contributed by atoms with Gasteiger partial charge < -0.3 is 5.11 Å². The zero-order valence-corrected chi connectivity index (χ0v) is 12.8. The second-order valence-electron chi connectivity index (χ2n) is 3.88. The fourth-order valence-corrected chi connectivity index (χ4v) is 2.52. The van der Waals surface area contributed by atoms with Crippen molar-refractivity contribution in [3.63, 3.8) is 0 Å². The van der Waals surface area contributed by atoms with Gasteiger partial charge in [-0.2, -0.15) is 0 Å². The Kier molecular flexibility index (Phi) is 5.60. The molecule has 1 heterocycles. The van der Waals surface area contributed by atoms with E-state index in [0.717, 1.165) is 15.1 Å². The molecular formula is C15H11BrFNOS. The van der Waals surface area contributed by atoms with Gasteiger partial charge in [0.25, 0.3) is 0 Å². The molecule has 1 aromatic carbocycles. The summed E-state index contributed by atoms with van der Waals surface area (Å²) in [6, 6.07) is 8.67. The molecule has 0 saturated carbocycles. The van der Waals surface area contributed by atoms with Crippen LogP contribution >= 0.6 is 27.7 Å². The van der Waals surface area contributed by atoms with E-state index in [0.29, 0.717) is 11.3 Å². The SMILES string of the molecule is OCC#Cc1cc(CSc2ccc(Br)cn2)ccc1F. The van der Waals surface area contributed by atoms with E-state index >= 15 is 0 Å². The highest BCUT2D eigenvalue weighted by molar-refractivity contribution is 9.10. The summed E-state index contributed by atoms with van der Waals surface area (Å²) in [5.74, 6) is 5.37. The third kappa shape index (κ3) is 4.34. The lowest BCUT2D eigenvalue weighted by Gasteiger charge is -2.03. The highest BCUT2D eigenvalue weighted by Crippen LogP contribution is 2.23. The Morgan fingerprint density at radius 1 is 1.30 bits per heavy atom. The second kappa shape index (κ2) is 7.44. The largest absolute Gasteiger partial charge is 0.384 e. The number of benzene rings is 1. The van der Waals surface area contributed by atoms with Crippen LogP contribution in [0.5, 0.6) is 0 Å². The van der Waals surface area contributed by atoms with Gasteiger partial charge in [0, 0.05) is 16.4 Å². The molecule has 0 radical (unpaired) electrons. The standard InChI is InChI=1S/C15H11BrFNOS/c16-13-4-6-15(18-9-13)20-10-11-3-5-14(17)12(8-11)2-1-7-19/h3-6,8-9,19H,7,10H2. The molecule has 0 aliphatic rings. The topological polar surface area (TPSA) is 33.1 Å². The predicted octanol–water partition coefficient (Wildman–Crippen LogP) is 3.62. The van der Waals surface area contributed by atoms with Crippen molar-refractivity contribution >= 4 is 27.7 Å². The van der Waals surface area contributed by atoms with Crippen LogP contribution in [0.3, 0.4) is 0 Å². The maximum atomic E-state index is 13.5. The van der Waals surface area contributed by atoms with Crippen LogP contribution in [-0.4, -0.2) is 16.7 Å². The number of aliphatic hydroxyl groups is 1.